The number of hydrogen-bond acceptors (Lipinski definition) is 4. The molecule has 6 heteroatoms. The highest BCUT2D eigenvalue weighted by atomic mass is 16.5. The Hall–Kier alpha value is -3.64. The van der Waals surface area contributed by atoms with Crippen LogP contribution in [0.15, 0.2) is 78.9 Å². The fourth-order valence-electron chi connectivity index (χ4n) is 3.44. The molecule has 27 heavy (non-hydrogen) atoms. The first-order valence-corrected chi connectivity index (χ1v) is 8.42. The molecule has 0 radical (unpaired) electrons. The zero-order valence-corrected chi connectivity index (χ0v) is 14.3. The number of anilines is 1. The summed E-state index contributed by atoms with van der Waals surface area (Å²) in [4.78, 5) is 26.6. The normalized spacial score (nSPS) is 13.5. The first-order chi connectivity index (χ1) is 13.2. The molecule has 3 aromatic rings. The predicted octanol–water partition coefficient (Wildman–Crippen LogP) is 2.71. The van der Waals surface area contributed by atoms with Crippen LogP contribution in [0.5, 0.6) is 11.5 Å². The summed E-state index contributed by atoms with van der Waals surface area (Å²) in [6, 6.07) is 22.9. The lowest BCUT2D eigenvalue weighted by Gasteiger charge is -2.37. The third-order valence-corrected chi connectivity index (χ3v) is 4.65. The number of amides is 2. The van der Waals surface area contributed by atoms with Crippen molar-refractivity contribution < 1.29 is 14.3 Å². The Labute approximate surface area is 155 Å². The Kier molecular flexibility index (Phi) is 4.10. The monoisotopic (exact) mass is 359 g/mol. The Morgan fingerprint density at radius 2 is 1.26 bits per heavy atom. The number of hydrogen-bond donors (Lipinski definition) is 3. The zero-order valence-electron chi connectivity index (χ0n) is 14.3. The van der Waals surface area contributed by atoms with E-state index in [1.165, 1.54) is 0 Å². The first-order valence-electron chi connectivity index (χ1n) is 8.42. The van der Waals surface area contributed by atoms with Crippen molar-refractivity contribution in [2.45, 2.75) is 5.41 Å². The van der Waals surface area contributed by atoms with E-state index in [9.17, 15) is 9.59 Å². The molecule has 1 aliphatic heterocycles. The van der Waals surface area contributed by atoms with Crippen molar-refractivity contribution in [3.63, 3.8) is 0 Å². The number of benzene rings is 3. The number of ether oxygens (including phenoxy) is 1. The van der Waals surface area contributed by atoms with Crippen LogP contribution in [0.3, 0.4) is 0 Å². The summed E-state index contributed by atoms with van der Waals surface area (Å²) in [6.45, 7) is 0. The molecule has 0 bridgehead atoms. The van der Waals surface area contributed by atoms with E-state index in [1.54, 1.807) is 72.8 Å². The number of carbonyl (C=O) groups is 2. The van der Waals surface area contributed by atoms with Gasteiger partial charge in [0, 0.05) is 16.8 Å². The van der Waals surface area contributed by atoms with E-state index in [2.05, 4.69) is 10.7 Å². The van der Waals surface area contributed by atoms with Gasteiger partial charge in [0.25, 0.3) is 5.91 Å². The van der Waals surface area contributed by atoms with Gasteiger partial charge in [-0.25, -0.2) is 5.84 Å². The van der Waals surface area contributed by atoms with Gasteiger partial charge in [0.15, 0.2) is 5.41 Å². The Balaban J connectivity index is 1.96. The van der Waals surface area contributed by atoms with E-state index in [1.807, 2.05) is 6.07 Å². The Bertz CT molecular complexity index is 972. The summed E-state index contributed by atoms with van der Waals surface area (Å²) >= 11 is 0. The summed E-state index contributed by atoms with van der Waals surface area (Å²) in [6.07, 6.45) is 0. The molecule has 3 aromatic carbocycles. The molecule has 0 saturated carbocycles. The molecule has 1 aliphatic rings. The molecule has 0 saturated heterocycles. The first kappa shape index (κ1) is 16.8. The van der Waals surface area contributed by atoms with E-state index in [4.69, 9.17) is 10.6 Å². The van der Waals surface area contributed by atoms with Crippen LogP contribution in [-0.2, 0) is 15.0 Å². The second-order valence-corrected chi connectivity index (χ2v) is 6.14. The lowest BCUT2D eigenvalue weighted by Crippen LogP contribution is -2.56. The third kappa shape index (κ3) is 2.54. The molecule has 4 rings (SSSR count). The quantitative estimate of drug-likeness (QED) is 0.290. The van der Waals surface area contributed by atoms with E-state index in [-0.39, 0.29) is 0 Å². The second kappa shape index (κ2) is 6.59. The van der Waals surface area contributed by atoms with Gasteiger partial charge in [0.2, 0.25) is 5.91 Å². The van der Waals surface area contributed by atoms with Crippen molar-refractivity contribution in [2.24, 2.45) is 5.84 Å². The number of hydrazine groups is 1. The molecule has 0 aromatic heterocycles. The lowest BCUT2D eigenvalue weighted by atomic mass is 9.70. The number of fused-ring (bicyclic) bond motifs is 2. The maximum Gasteiger partial charge on any atom is 0.258 e. The smallest absolute Gasteiger partial charge is 0.258 e. The van der Waals surface area contributed by atoms with E-state index >= 15 is 0 Å². The highest BCUT2D eigenvalue weighted by molar-refractivity contribution is 6.19. The molecule has 134 valence electrons. The molecule has 6 nitrogen and oxygen atoms in total. The fourth-order valence-corrected chi connectivity index (χ4v) is 3.44. The lowest BCUT2D eigenvalue weighted by molar-refractivity contribution is -0.133. The topological polar surface area (TPSA) is 93.5 Å². The Morgan fingerprint density at radius 3 is 1.81 bits per heavy atom. The summed E-state index contributed by atoms with van der Waals surface area (Å²) in [7, 11) is 0. The molecule has 0 fully saturated rings. The van der Waals surface area contributed by atoms with Crippen LogP contribution in [-0.4, -0.2) is 11.8 Å². The summed E-state index contributed by atoms with van der Waals surface area (Å²) < 4.78 is 5.93. The molecule has 4 N–H and O–H groups in total. The van der Waals surface area contributed by atoms with Crippen molar-refractivity contribution in [3.8, 4) is 11.5 Å². The number of rotatable bonds is 3. The van der Waals surface area contributed by atoms with Crippen LogP contribution in [0.25, 0.3) is 0 Å². The summed E-state index contributed by atoms with van der Waals surface area (Å²) in [5.41, 5.74) is 1.92. The summed E-state index contributed by atoms with van der Waals surface area (Å²) in [5.74, 6) is 5.23. The maximum absolute atomic E-state index is 13.5. The van der Waals surface area contributed by atoms with Gasteiger partial charge in [-0.15, -0.1) is 0 Å². The van der Waals surface area contributed by atoms with Crippen molar-refractivity contribution in [1.29, 1.82) is 0 Å². The van der Waals surface area contributed by atoms with Gasteiger partial charge in [-0.05, 0) is 24.3 Å². The molecule has 1 heterocycles. The van der Waals surface area contributed by atoms with Gasteiger partial charge in [0.1, 0.15) is 11.5 Å². The number of carbonyl (C=O) groups excluding carboxylic acids is 2. The molecular weight excluding hydrogens is 342 g/mol. The van der Waals surface area contributed by atoms with E-state index in [0.717, 1.165) is 0 Å². The third-order valence-electron chi connectivity index (χ3n) is 4.65. The number of nitrogens with one attached hydrogen (secondary N) is 2. The van der Waals surface area contributed by atoms with Gasteiger partial charge >= 0.3 is 0 Å². The van der Waals surface area contributed by atoms with Crippen molar-refractivity contribution in [2.75, 3.05) is 5.32 Å². The molecule has 0 spiro atoms. The van der Waals surface area contributed by atoms with Gasteiger partial charge in [-0.2, -0.15) is 0 Å². The second-order valence-electron chi connectivity index (χ2n) is 6.14. The minimum Gasteiger partial charge on any atom is -0.457 e. The fraction of sp³-hybridized carbons (Fsp3) is 0.0476. The van der Waals surface area contributed by atoms with Crippen LogP contribution >= 0.6 is 0 Å². The maximum atomic E-state index is 13.5. The Morgan fingerprint density at radius 1 is 0.741 bits per heavy atom. The van der Waals surface area contributed by atoms with Crippen molar-refractivity contribution in [3.05, 3.63) is 90.0 Å². The van der Waals surface area contributed by atoms with E-state index in [0.29, 0.717) is 28.3 Å². The largest absolute Gasteiger partial charge is 0.457 e. The van der Waals surface area contributed by atoms with Crippen LogP contribution in [0.2, 0.25) is 0 Å². The summed E-state index contributed by atoms with van der Waals surface area (Å²) in [5, 5.41) is 2.84. The van der Waals surface area contributed by atoms with Gasteiger partial charge in [0.05, 0.1) is 0 Å². The minimum absolute atomic E-state index is 0.431. The zero-order chi connectivity index (χ0) is 18.9. The minimum atomic E-state index is -1.68. The molecule has 0 aliphatic carbocycles. The van der Waals surface area contributed by atoms with Crippen LogP contribution in [0.1, 0.15) is 11.1 Å². The average Bonchev–Trinajstić information content (AvgIpc) is 2.72. The standard InChI is InChI=1S/C21H17N3O3/c22-24-20(26)21(19(25)23-14-8-2-1-3-9-14)15-10-4-6-12-17(15)27-18-13-7-5-11-16(18)21/h1-13H,22H2,(H,23,25)(H,24,26). The highest BCUT2D eigenvalue weighted by Crippen LogP contribution is 2.48. The van der Waals surface area contributed by atoms with Gasteiger partial charge in [-0.1, -0.05) is 54.6 Å². The van der Waals surface area contributed by atoms with Crippen LogP contribution in [0, 0.1) is 0 Å². The van der Waals surface area contributed by atoms with Crippen LogP contribution in [0.4, 0.5) is 5.69 Å². The molecule has 0 unspecified atom stereocenters. The number of nitrogens with two attached hydrogens (primary N) is 1. The highest BCUT2D eigenvalue weighted by Gasteiger charge is 2.54. The SMILES string of the molecule is NNC(=O)C1(C(=O)Nc2ccccc2)c2ccccc2Oc2ccccc21. The van der Waals surface area contributed by atoms with Crippen molar-refractivity contribution in [1.82, 2.24) is 5.43 Å². The van der Waals surface area contributed by atoms with Crippen molar-refractivity contribution >= 4 is 17.5 Å². The molecular formula is C21H17N3O3. The van der Waals surface area contributed by atoms with Crippen LogP contribution < -0.4 is 21.3 Å². The van der Waals surface area contributed by atoms with Gasteiger partial charge in [-0.3, -0.25) is 15.0 Å². The molecule has 0 atom stereocenters. The van der Waals surface area contributed by atoms with Gasteiger partial charge < -0.3 is 10.1 Å². The van der Waals surface area contributed by atoms with E-state index < -0.39 is 17.2 Å². The average molecular weight is 359 g/mol. The number of para-hydroxylation sites is 3. The molecule has 2 amide bonds. The predicted molar refractivity (Wildman–Crippen MR) is 101 cm³/mol.